The van der Waals surface area contributed by atoms with E-state index in [0.29, 0.717) is 6.54 Å². The van der Waals surface area contributed by atoms with Crippen LogP contribution >= 0.6 is 0 Å². The summed E-state index contributed by atoms with van der Waals surface area (Å²) in [4.78, 5) is 6.63. The number of fused-ring (bicyclic) bond motifs is 2. The molecule has 5 heteroatoms. The highest BCUT2D eigenvalue weighted by Crippen LogP contribution is 2.32. The summed E-state index contributed by atoms with van der Waals surface area (Å²) in [5, 5.41) is 10.9. The van der Waals surface area contributed by atoms with Crippen LogP contribution in [0.3, 0.4) is 0 Å². The molecule has 5 rings (SSSR count). The maximum Gasteiger partial charge on any atom is 0.164 e. The summed E-state index contributed by atoms with van der Waals surface area (Å²) in [5.41, 5.74) is 4.82. The lowest BCUT2D eigenvalue weighted by Gasteiger charge is -2.23. The maximum atomic E-state index is 5.71. The van der Waals surface area contributed by atoms with E-state index in [1.54, 1.807) is 0 Å². The van der Waals surface area contributed by atoms with Crippen molar-refractivity contribution in [2.75, 3.05) is 11.4 Å². The van der Waals surface area contributed by atoms with E-state index < -0.39 is 0 Å². The van der Waals surface area contributed by atoms with Crippen LogP contribution in [0.2, 0.25) is 0 Å². The number of nitrogens with zero attached hydrogens (tertiary/aromatic N) is 5. The van der Waals surface area contributed by atoms with Crippen LogP contribution in [-0.2, 0) is 0 Å². The smallest absolute Gasteiger partial charge is 0.164 e. The highest BCUT2D eigenvalue weighted by Gasteiger charge is 2.16. The molecule has 0 amide bonds. The predicted molar refractivity (Wildman–Crippen MR) is 121 cm³/mol. The molecule has 0 bridgehead atoms. The van der Waals surface area contributed by atoms with Crippen LogP contribution in [0.15, 0.2) is 79.1 Å². The highest BCUT2D eigenvalue weighted by molar-refractivity contribution is 5.95. The number of aryl methyl sites for hydroxylation is 1. The maximum absolute atomic E-state index is 5.71. The Morgan fingerprint density at radius 1 is 0.933 bits per heavy atom. The van der Waals surface area contributed by atoms with Crippen molar-refractivity contribution in [3.63, 3.8) is 0 Å². The summed E-state index contributed by atoms with van der Waals surface area (Å²) in [5.74, 6) is 3.50. The molecule has 3 aromatic carbocycles. The van der Waals surface area contributed by atoms with Gasteiger partial charge in [-0.15, -0.1) is 11.5 Å². The van der Waals surface area contributed by atoms with E-state index in [1.807, 2.05) is 54.5 Å². The van der Waals surface area contributed by atoms with E-state index in [-0.39, 0.29) is 0 Å². The van der Waals surface area contributed by atoms with Crippen LogP contribution in [0.5, 0.6) is 0 Å². The minimum atomic E-state index is 0.382. The van der Waals surface area contributed by atoms with Crippen molar-refractivity contribution in [2.24, 2.45) is 0 Å². The number of aromatic nitrogens is 4. The van der Waals surface area contributed by atoms with Crippen LogP contribution in [0.1, 0.15) is 5.69 Å². The topological polar surface area (TPSA) is 46.8 Å². The predicted octanol–water partition coefficient (Wildman–Crippen LogP) is 5.05. The van der Waals surface area contributed by atoms with Gasteiger partial charge in [0, 0.05) is 22.1 Å². The van der Waals surface area contributed by atoms with Gasteiger partial charge in [-0.1, -0.05) is 48.4 Å². The Labute approximate surface area is 174 Å². The van der Waals surface area contributed by atoms with Crippen molar-refractivity contribution in [3.8, 4) is 18.0 Å². The summed E-state index contributed by atoms with van der Waals surface area (Å²) in [6.07, 6.45) is 7.55. The molecule has 30 heavy (non-hydrogen) atoms. The minimum Gasteiger partial charge on any atom is -0.313 e. The number of rotatable bonds is 4. The van der Waals surface area contributed by atoms with Gasteiger partial charge in [0.2, 0.25) is 0 Å². The average molecular weight is 389 g/mol. The molecule has 5 nitrogen and oxygen atoms in total. The van der Waals surface area contributed by atoms with Gasteiger partial charge in [-0.05, 0) is 37.3 Å². The van der Waals surface area contributed by atoms with Gasteiger partial charge in [-0.2, -0.15) is 5.10 Å². The molecule has 0 fully saturated rings. The number of benzene rings is 3. The van der Waals surface area contributed by atoms with Gasteiger partial charge >= 0.3 is 0 Å². The Kier molecular flexibility index (Phi) is 4.38. The first-order valence-electron chi connectivity index (χ1n) is 9.72. The molecule has 0 radical (unpaired) electrons. The largest absolute Gasteiger partial charge is 0.313 e. The van der Waals surface area contributed by atoms with Crippen molar-refractivity contribution >= 4 is 33.3 Å². The van der Waals surface area contributed by atoms with Gasteiger partial charge in [0.25, 0.3) is 0 Å². The van der Waals surface area contributed by atoms with Gasteiger partial charge in [0.15, 0.2) is 5.82 Å². The number of hydrogen-bond acceptors (Lipinski definition) is 4. The molecule has 2 heterocycles. The fraction of sp³-hybridized carbons (Fsp3) is 0.0800. The molecule has 2 aromatic heterocycles. The number of terminal acetylenes is 1. The highest BCUT2D eigenvalue weighted by atomic mass is 15.3. The molecule has 0 unspecified atom stereocenters. The average Bonchev–Trinajstić information content (AvgIpc) is 3.22. The second kappa shape index (κ2) is 7.34. The SMILES string of the molecule is C#CCN(c1ccc2c(c1)ncn2-c1ccccc1)c1nnc(C)c2ccccc12. The molecular weight excluding hydrogens is 370 g/mol. The van der Waals surface area contributed by atoms with E-state index in [4.69, 9.17) is 6.42 Å². The first-order chi connectivity index (χ1) is 14.8. The van der Waals surface area contributed by atoms with Crippen molar-refractivity contribution < 1.29 is 0 Å². The van der Waals surface area contributed by atoms with E-state index in [2.05, 4.69) is 62.1 Å². The number of anilines is 2. The Morgan fingerprint density at radius 3 is 2.50 bits per heavy atom. The van der Waals surface area contributed by atoms with E-state index in [0.717, 1.165) is 44.7 Å². The Hall–Kier alpha value is -4.17. The molecule has 0 N–H and O–H groups in total. The molecule has 0 saturated heterocycles. The zero-order valence-corrected chi connectivity index (χ0v) is 16.5. The molecule has 5 aromatic rings. The summed E-state index contributed by atoms with van der Waals surface area (Å²) >= 11 is 0. The van der Waals surface area contributed by atoms with E-state index in [9.17, 15) is 0 Å². The molecule has 0 spiro atoms. The summed E-state index contributed by atoms with van der Waals surface area (Å²) in [6.45, 7) is 2.35. The van der Waals surface area contributed by atoms with Gasteiger partial charge in [-0.3, -0.25) is 4.57 Å². The molecule has 0 saturated carbocycles. The lowest BCUT2D eigenvalue weighted by Crippen LogP contribution is -2.19. The van der Waals surface area contributed by atoms with Gasteiger partial charge in [0.1, 0.15) is 6.33 Å². The third-order valence-corrected chi connectivity index (χ3v) is 5.23. The summed E-state index contributed by atoms with van der Waals surface area (Å²) in [6, 6.07) is 24.5. The molecule has 144 valence electrons. The number of imidazole rings is 1. The quantitative estimate of drug-likeness (QED) is 0.404. The third kappa shape index (κ3) is 2.96. The molecule has 0 aliphatic heterocycles. The van der Waals surface area contributed by atoms with Gasteiger partial charge in [-0.25, -0.2) is 4.98 Å². The first kappa shape index (κ1) is 17.9. The second-order valence-electron chi connectivity index (χ2n) is 7.07. The van der Waals surface area contributed by atoms with Crippen molar-refractivity contribution in [3.05, 3.63) is 84.8 Å². The van der Waals surface area contributed by atoms with Crippen LogP contribution in [0, 0.1) is 19.3 Å². The molecular formula is C25H19N5. The third-order valence-electron chi connectivity index (χ3n) is 5.23. The second-order valence-corrected chi connectivity index (χ2v) is 7.07. The fourth-order valence-electron chi connectivity index (χ4n) is 3.77. The van der Waals surface area contributed by atoms with Crippen LogP contribution in [0.4, 0.5) is 11.5 Å². The van der Waals surface area contributed by atoms with Crippen molar-refractivity contribution in [1.29, 1.82) is 0 Å². The number of para-hydroxylation sites is 1. The van der Waals surface area contributed by atoms with Crippen LogP contribution < -0.4 is 4.90 Å². The van der Waals surface area contributed by atoms with Crippen molar-refractivity contribution in [2.45, 2.75) is 6.92 Å². The summed E-state index contributed by atoms with van der Waals surface area (Å²) in [7, 11) is 0. The lowest BCUT2D eigenvalue weighted by molar-refractivity contribution is 0.956. The Bertz CT molecular complexity index is 1400. The Morgan fingerprint density at radius 2 is 1.70 bits per heavy atom. The normalized spacial score (nSPS) is 10.9. The Balaban J connectivity index is 1.64. The monoisotopic (exact) mass is 389 g/mol. The minimum absolute atomic E-state index is 0.382. The standard InChI is InChI=1S/C25H19N5/c1-3-15-29(25-22-12-8-7-11-21(22)18(2)27-28-25)20-13-14-24-23(16-20)26-17-30(24)19-9-5-4-6-10-19/h1,4-14,16-17H,15H2,2H3. The summed E-state index contributed by atoms with van der Waals surface area (Å²) < 4.78 is 2.08. The van der Waals surface area contributed by atoms with Gasteiger partial charge in [0.05, 0.1) is 23.3 Å². The number of hydrogen-bond donors (Lipinski definition) is 0. The van der Waals surface area contributed by atoms with E-state index in [1.165, 1.54) is 0 Å². The zero-order chi connectivity index (χ0) is 20.5. The van der Waals surface area contributed by atoms with Crippen LogP contribution in [0.25, 0.3) is 27.5 Å². The molecule has 0 aliphatic rings. The lowest BCUT2D eigenvalue weighted by atomic mass is 10.1. The fourth-order valence-corrected chi connectivity index (χ4v) is 3.77. The van der Waals surface area contributed by atoms with Crippen LogP contribution in [-0.4, -0.2) is 26.3 Å². The zero-order valence-electron chi connectivity index (χ0n) is 16.5. The molecule has 0 atom stereocenters. The first-order valence-corrected chi connectivity index (χ1v) is 9.72. The van der Waals surface area contributed by atoms with Gasteiger partial charge < -0.3 is 4.90 Å². The van der Waals surface area contributed by atoms with E-state index >= 15 is 0 Å². The molecule has 0 aliphatic carbocycles. The van der Waals surface area contributed by atoms with Crippen molar-refractivity contribution in [1.82, 2.24) is 19.7 Å².